The van der Waals surface area contributed by atoms with Crippen molar-refractivity contribution in [2.45, 2.75) is 25.3 Å². The summed E-state index contributed by atoms with van der Waals surface area (Å²) in [5.74, 6) is 1.34. The molecule has 3 rings (SSSR count). The molecule has 1 aromatic carbocycles. The molecule has 0 aliphatic carbocycles. The molecule has 1 atom stereocenters. The minimum absolute atomic E-state index is 0.211. The summed E-state index contributed by atoms with van der Waals surface area (Å²) in [4.78, 5) is 4.49. The topological polar surface area (TPSA) is 51.0 Å². The highest BCUT2D eigenvalue weighted by Gasteiger charge is 2.21. The van der Waals surface area contributed by atoms with Crippen LogP contribution in [0.5, 0.6) is 0 Å². The molecule has 94 valence electrons. The average Bonchev–Trinajstić information content (AvgIpc) is 2.90. The summed E-state index contributed by atoms with van der Waals surface area (Å²) < 4.78 is 6.35. The Morgan fingerprint density at radius 3 is 2.94 bits per heavy atom. The van der Waals surface area contributed by atoms with Crippen molar-refractivity contribution in [2.75, 3.05) is 6.54 Å². The van der Waals surface area contributed by atoms with Crippen LogP contribution in [0.4, 0.5) is 0 Å². The molecule has 0 spiro atoms. The van der Waals surface area contributed by atoms with Crippen LogP contribution in [0.15, 0.2) is 33.3 Å². The van der Waals surface area contributed by atoms with E-state index < -0.39 is 0 Å². The fourth-order valence-corrected chi connectivity index (χ4v) is 2.65. The average molecular weight is 308 g/mol. The predicted octanol–water partition coefficient (Wildman–Crippen LogP) is 3.31. The van der Waals surface area contributed by atoms with Crippen LogP contribution < -0.4 is 5.32 Å². The first kappa shape index (κ1) is 11.9. The number of piperidine rings is 1. The number of hydrogen-bond donors (Lipinski definition) is 1. The maximum Gasteiger partial charge on any atom is 0.244 e. The lowest BCUT2D eigenvalue weighted by Crippen LogP contribution is -2.26. The molecule has 1 N–H and O–H groups in total. The molecule has 4 nitrogen and oxygen atoms in total. The first-order chi connectivity index (χ1) is 8.84. The summed E-state index contributed by atoms with van der Waals surface area (Å²) in [6.07, 6.45) is 3.50. The first-order valence-corrected chi connectivity index (χ1v) is 6.96. The molecular formula is C13H14BrN3O. The van der Waals surface area contributed by atoms with Gasteiger partial charge in [0.25, 0.3) is 0 Å². The zero-order valence-corrected chi connectivity index (χ0v) is 11.5. The molecule has 5 heteroatoms. The van der Waals surface area contributed by atoms with Crippen molar-refractivity contribution in [1.29, 1.82) is 0 Å². The van der Waals surface area contributed by atoms with E-state index in [1.165, 1.54) is 12.8 Å². The normalized spacial score (nSPS) is 19.9. The van der Waals surface area contributed by atoms with E-state index in [4.69, 9.17) is 4.52 Å². The van der Waals surface area contributed by atoms with Crippen molar-refractivity contribution in [2.24, 2.45) is 0 Å². The lowest BCUT2D eigenvalue weighted by molar-refractivity contribution is 0.297. The van der Waals surface area contributed by atoms with E-state index in [1.807, 2.05) is 24.3 Å². The van der Waals surface area contributed by atoms with Crippen LogP contribution in [0.1, 0.15) is 31.2 Å². The molecule has 1 fully saturated rings. The molecule has 1 aliphatic rings. The molecule has 2 aromatic rings. The summed E-state index contributed by atoms with van der Waals surface area (Å²) in [7, 11) is 0. The van der Waals surface area contributed by atoms with Crippen LogP contribution in [0.25, 0.3) is 11.4 Å². The molecule has 0 bridgehead atoms. The lowest BCUT2D eigenvalue weighted by atomic mass is 10.1. The van der Waals surface area contributed by atoms with Crippen LogP contribution in [-0.4, -0.2) is 16.7 Å². The van der Waals surface area contributed by atoms with Gasteiger partial charge in [-0.1, -0.05) is 39.6 Å². The zero-order valence-electron chi connectivity index (χ0n) is 9.90. The van der Waals surface area contributed by atoms with Crippen molar-refractivity contribution >= 4 is 15.9 Å². The quantitative estimate of drug-likeness (QED) is 0.924. The van der Waals surface area contributed by atoms with Gasteiger partial charge in [-0.05, 0) is 31.5 Å². The largest absolute Gasteiger partial charge is 0.337 e. The van der Waals surface area contributed by atoms with Crippen LogP contribution in [-0.2, 0) is 0 Å². The Balaban J connectivity index is 1.87. The zero-order chi connectivity index (χ0) is 12.4. The molecule has 2 heterocycles. The van der Waals surface area contributed by atoms with Crippen LogP contribution in [0.2, 0.25) is 0 Å². The first-order valence-electron chi connectivity index (χ1n) is 6.16. The van der Waals surface area contributed by atoms with Gasteiger partial charge >= 0.3 is 0 Å². The van der Waals surface area contributed by atoms with Gasteiger partial charge in [-0.25, -0.2) is 0 Å². The van der Waals surface area contributed by atoms with Crippen molar-refractivity contribution in [3.8, 4) is 11.4 Å². The second-order valence-electron chi connectivity index (χ2n) is 4.44. The highest BCUT2D eigenvalue weighted by atomic mass is 79.9. The van der Waals surface area contributed by atoms with E-state index in [-0.39, 0.29) is 6.04 Å². The van der Waals surface area contributed by atoms with E-state index in [9.17, 15) is 0 Å². The molecule has 1 saturated heterocycles. The maximum atomic E-state index is 5.37. The number of aromatic nitrogens is 2. The second-order valence-corrected chi connectivity index (χ2v) is 5.29. The maximum absolute atomic E-state index is 5.37. The Hall–Kier alpha value is -1.20. The summed E-state index contributed by atoms with van der Waals surface area (Å²) in [6, 6.07) is 8.10. The number of benzene rings is 1. The van der Waals surface area contributed by atoms with Gasteiger partial charge in [0.2, 0.25) is 11.7 Å². The number of hydrogen-bond acceptors (Lipinski definition) is 4. The molecule has 0 radical (unpaired) electrons. The summed E-state index contributed by atoms with van der Waals surface area (Å²) in [6.45, 7) is 1.03. The fraction of sp³-hybridized carbons (Fsp3) is 0.385. The summed E-state index contributed by atoms with van der Waals surface area (Å²) >= 11 is 3.50. The highest BCUT2D eigenvalue weighted by molar-refractivity contribution is 9.10. The van der Waals surface area contributed by atoms with Gasteiger partial charge in [-0.3, -0.25) is 0 Å². The molecular weight excluding hydrogens is 294 g/mol. The van der Waals surface area contributed by atoms with E-state index in [0.29, 0.717) is 11.7 Å². The lowest BCUT2D eigenvalue weighted by Gasteiger charge is -2.19. The summed E-state index contributed by atoms with van der Waals surface area (Å²) in [5, 5.41) is 7.47. The van der Waals surface area contributed by atoms with Crippen molar-refractivity contribution in [3.05, 3.63) is 34.6 Å². The van der Waals surface area contributed by atoms with Crippen LogP contribution in [0.3, 0.4) is 0 Å². The monoisotopic (exact) mass is 307 g/mol. The van der Waals surface area contributed by atoms with Crippen molar-refractivity contribution < 1.29 is 4.52 Å². The Labute approximate surface area is 114 Å². The van der Waals surface area contributed by atoms with E-state index >= 15 is 0 Å². The van der Waals surface area contributed by atoms with E-state index in [2.05, 4.69) is 31.4 Å². The molecule has 1 aliphatic heterocycles. The molecule has 0 saturated carbocycles. The molecule has 1 aromatic heterocycles. The number of nitrogens with zero attached hydrogens (tertiary/aromatic N) is 2. The van der Waals surface area contributed by atoms with Crippen molar-refractivity contribution in [1.82, 2.24) is 15.5 Å². The Morgan fingerprint density at radius 2 is 2.17 bits per heavy atom. The van der Waals surface area contributed by atoms with E-state index in [0.717, 1.165) is 23.0 Å². The van der Waals surface area contributed by atoms with Crippen LogP contribution >= 0.6 is 15.9 Å². The molecule has 0 amide bonds. The Morgan fingerprint density at radius 1 is 1.28 bits per heavy atom. The predicted molar refractivity (Wildman–Crippen MR) is 72.0 cm³/mol. The third-order valence-electron chi connectivity index (χ3n) is 3.16. The Kier molecular flexibility index (Phi) is 3.43. The minimum atomic E-state index is 0.211. The number of rotatable bonds is 2. The Bertz CT molecular complexity index is 535. The fourth-order valence-electron chi connectivity index (χ4n) is 2.19. The number of halogens is 1. The SMILES string of the molecule is Brc1ccccc1-c1noc(C2CCCCN2)n1. The van der Waals surface area contributed by atoms with Crippen LogP contribution in [0, 0.1) is 0 Å². The standard InChI is InChI=1S/C13H14BrN3O/c14-10-6-2-1-5-9(10)12-16-13(18-17-12)11-7-3-4-8-15-11/h1-2,5-6,11,15H,3-4,7-8H2. The van der Waals surface area contributed by atoms with Gasteiger partial charge in [0.1, 0.15) is 0 Å². The van der Waals surface area contributed by atoms with Gasteiger partial charge in [0.05, 0.1) is 6.04 Å². The second kappa shape index (κ2) is 5.20. The van der Waals surface area contributed by atoms with Gasteiger partial charge in [-0.2, -0.15) is 4.98 Å². The summed E-state index contributed by atoms with van der Waals surface area (Å²) in [5.41, 5.74) is 0.961. The van der Waals surface area contributed by atoms with Gasteiger partial charge in [0, 0.05) is 10.0 Å². The minimum Gasteiger partial charge on any atom is -0.337 e. The van der Waals surface area contributed by atoms with Gasteiger partial charge < -0.3 is 9.84 Å². The molecule has 1 unspecified atom stereocenters. The van der Waals surface area contributed by atoms with Crippen molar-refractivity contribution in [3.63, 3.8) is 0 Å². The number of nitrogens with one attached hydrogen (secondary N) is 1. The van der Waals surface area contributed by atoms with Gasteiger partial charge in [-0.15, -0.1) is 0 Å². The third-order valence-corrected chi connectivity index (χ3v) is 3.86. The van der Waals surface area contributed by atoms with E-state index in [1.54, 1.807) is 0 Å². The third kappa shape index (κ3) is 2.33. The smallest absolute Gasteiger partial charge is 0.244 e. The highest BCUT2D eigenvalue weighted by Crippen LogP contribution is 2.28. The van der Waals surface area contributed by atoms with Gasteiger partial charge in [0.15, 0.2) is 0 Å². The molecule has 18 heavy (non-hydrogen) atoms.